The summed E-state index contributed by atoms with van der Waals surface area (Å²) in [5.74, 6) is -0.350. The van der Waals surface area contributed by atoms with E-state index in [1.807, 2.05) is 0 Å². The van der Waals surface area contributed by atoms with Crippen molar-refractivity contribution in [1.29, 1.82) is 0 Å². The van der Waals surface area contributed by atoms with E-state index in [-0.39, 0.29) is 11.9 Å². The third kappa shape index (κ3) is 3.83. The number of rotatable bonds is 5. The van der Waals surface area contributed by atoms with Crippen LogP contribution in [0.2, 0.25) is 0 Å². The maximum atomic E-state index is 13.0. The molecule has 0 saturated carbocycles. The van der Waals surface area contributed by atoms with Crippen molar-refractivity contribution in [3.8, 4) is 0 Å². The smallest absolute Gasteiger partial charge is 0.137 e. The Labute approximate surface area is 103 Å². The van der Waals surface area contributed by atoms with Crippen molar-refractivity contribution in [2.45, 2.75) is 18.6 Å². The van der Waals surface area contributed by atoms with Crippen molar-refractivity contribution in [2.75, 3.05) is 13.7 Å². The van der Waals surface area contributed by atoms with Gasteiger partial charge >= 0.3 is 0 Å². The highest BCUT2D eigenvalue weighted by Gasteiger charge is 2.13. The minimum Gasteiger partial charge on any atom is -0.388 e. The summed E-state index contributed by atoms with van der Waals surface area (Å²) in [5.41, 5.74) is 6.36. The molecule has 2 atom stereocenters. The molecule has 90 valence electrons. The zero-order valence-electron chi connectivity index (χ0n) is 8.99. The number of ether oxygens (including phenoxy) is 1. The molecule has 0 radical (unpaired) electrons. The lowest BCUT2D eigenvalue weighted by Gasteiger charge is -2.16. The van der Waals surface area contributed by atoms with E-state index in [1.54, 1.807) is 19.2 Å². The molecule has 1 rings (SSSR count). The highest BCUT2D eigenvalue weighted by Crippen LogP contribution is 2.23. The molecule has 3 nitrogen and oxygen atoms in total. The lowest BCUT2D eigenvalue weighted by atomic mass is 10.0. The first-order chi connectivity index (χ1) is 7.54. The normalized spacial score (nSPS) is 14.8. The summed E-state index contributed by atoms with van der Waals surface area (Å²) in [7, 11) is 1.56. The molecule has 0 heterocycles. The van der Waals surface area contributed by atoms with Crippen molar-refractivity contribution in [3.63, 3.8) is 0 Å². The Hall–Kier alpha value is -0.490. The van der Waals surface area contributed by atoms with Crippen LogP contribution in [0.1, 0.15) is 18.1 Å². The van der Waals surface area contributed by atoms with Crippen molar-refractivity contribution in [2.24, 2.45) is 5.73 Å². The van der Waals surface area contributed by atoms with Crippen molar-refractivity contribution in [1.82, 2.24) is 0 Å². The molecule has 0 aliphatic carbocycles. The Kier molecular flexibility index (Phi) is 5.34. The standard InChI is InChI=1S/C11H15BrFNO2/c1-16-6-8(14)5-11(15)7-2-3-10(13)9(12)4-7/h2-4,8,11,15H,5-6,14H2,1H3. The number of methoxy groups -OCH3 is 1. The predicted molar refractivity (Wildman–Crippen MR) is 63.5 cm³/mol. The van der Waals surface area contributed by atoms with Gasteiger partial charge in [-0.05, 0) is 40.0 Å². The van der Waals surface area contributed by atoms with E-state index in [1.165, 1.54) is 6.07 Å². The van der Waals surface area contributed by atoms with E-state index in [4.69, 9.17) is 10.5 Å². The van der Waals surface area contributed by atoms with Crippen LogP contribution in [0.25, 0.3) is 0 Å². The summed E-state index contributed by atoms with van der Waals surface area (Å²) >= 11 is 3.07. The monoisotopic (exact) mass is 291 g/mol. The van der Waals surface area contributed by atoms with Crippen LogP contribution in [-0.4, -0.2) is 24.9 Å². The van der Waals surface area contributed by atoms with Crippen molar-refractivity contribution >= 4 is 15.9 Å². The molecule has 2 unspecified atom stereocenters. The molecule has 0 aliphatic heterocycles. The predicted octanol–water partition coefficient (Wildman–Crippen LogP) is 1.99. The number of aliphatic hydroxyl groups excluding tert-OH is 1. The molecule has 1 aromatic carbocycles. The van der Waals surface area contributed by atoms with Crippen LogP contribution in [0.4, 0.5) is 4.39 Å². The van der Waals surface area contributed by atoms with E-state index in [0.29, 0.717) is 23.1 Å². The van der Waals surface area contributed by atoms with Gasteiger partial charge in [-0.3, -0.25) is 0 Å². The van der Waals surface area contributed by atoms with Gasteiger partial charge in [0.05, 0.1) is 17.2 Å². The molecule has 0 bridgehead atoms. The second kappa shape index (κ2) is 6.30. The van der Waals surface area contributed by atoms with Crippen LogP contribution in [0.5, 0.6) is 0 Å². The number of hydrogen-bond acceptors (Lipinski definition) is 3. The van der Waals surface area contributed by atoms with E-state index in [2.05, 4.69) is 15.9 Å². The van der Waals surface area contributed by atoms with Crippen LogP contribution in [0.15, 0.2) is 22.7 Å². The van der Waals surface area contributed by atoms with E-state index in [0.717, 1.165) is 0 Å². The fourth-order valence-corrected chi connectivity index (χ4v) is 1.82. The number of nitrogens with two attached hydrogens (primary N) is 1. The SMILES string of the molecule is COCC(N)CC(O)c1ccc(F)c(Br)c1. The fourth-order valence-electron chi connectivity index (χ4n) is 1.42. The average Bonchev–Trinajstić information content (AvgIpc) is 2.22. The number of benzene rings is 1. The third-order valence-corrected chi connectivity index (χ3v) is 2.84. The van der Waals surface area contributed by atoms with Crippen LogP contribution < -0.4 is 5.73 Å². The molecular weight excluding hydrogens is 277 g/mol. The molecular formula is C11H15BrFNO2. The molecule has 0 saturated heterocycles. The van der Waals surface area contributed by atoms with Crippen LogP contribution in [-0.2, 0) is 4.74 Å². The summed E-state index contributed by atoms with van der Waals surface area (Å²) in [6.07, 6.45) is -0.326. The molecule has 1 aromatic rings. The van der Waals surface area contributed by atoms with Crippen molar-refractivity contribution < 1.29 is 14.2 Å². The summed E-state index contributed by atoms with van der Waals surface area (Å²) < 4.78 is 18.2. The zero-order chi connectivity index (χ0) is 12.1. The van der Waals surface area contributed by atoms with Crippen molar-refractivity contribution in [3.05, 3.63) is 34.1 Å². The largest absolute Gasteiger partial charge is 0.388 e. The van der Waals surface area contributed by atoms with Gasteiger partial charge in [0, 0.05) is 13.2 Å². The van der Waals surface area contributed by atoms with Crippen LogP contribution >= 0.6 is 15.9 Å². The fraction of sp³-hybridized carbons (Fsp3) is 0.455. The van der Waals surface area contributed by atoms with E-state index >= 15 is 0 Å². The van der Waals surface area contributed by atoms with Gasteiger partial charge in [0.15, 0.2) is 0 Å². The second-order valence-electron chi connectivity index (χ2n) is 3.64. The Morgan fingerprint density at radius 3 is 2.81 bits per heavy atom. The Balaban J connectivity index is 2.65. The molecule has 5 heteroatoms. The molecule has 0 aromatic heterocycles. The van der Waals surface area contributed by atoms with Gasteiger partial charge < -0.3 is 15.6 Å². The molecule has 0 fully saturated rings. The number of aliphatic hydroxyl groups is 1. The Morgan fingerprint density at radius 2 is 2.25 bits per heavy atom. The molecule has 0 aliphatic rings. The third-order valence-electron chi connectivity index (χ3n) is 2.24. The highest BCUT2D eigenvalue weighted by molar-refractivity contribution is 9.10. The van der Waals surface area contributed by atoms with E-state index < -0.39 is 6.10 Å². The molecule has 3 N–H and O–H groups in total. The average molecular weight is 292 g/mol. The van der Waals surface area contributed by atoms with Crippen LogP contribution in [0, 0.1) is 5.82 Å². The van der Waals surface area contributed by atoms with Crippen LogP contribution in [0.3, 0.4) is 0 Å². The molecule has 16 heavy (non-hydrogen) atoms. The first-order valence-corrected chi connectivity index (χ1v) is 5.71. The zero-order valence-corrected chi connectivity index (χ0v) is 10.6. The summed E-state index contributed by atoms with van der Waals surface area (Å²) in [6, 6.07) is 4.18. The van der Waals surface area contributed by atoms with Gasteiger partial charge in [0.1, 0.15) is 5.82 Å². The highest BCUT2D eigenvalue weighted by atomic mass is 79.9. The molecule has 0 amide bonds. The lowest BCUT2D eigenvalue weighted by molar-refractivity contribution is 0.122. The second-order valence-corrected chi connectivity index (χ2v) is 4.49. The summed E-state index contributed by atoms with van der Waals surface area (Å²) in [5, 5.41) is 9.85. The minimum absolute atomic E-state index is 0.233. The van der Waals surface area contributed by atoms with Gasteiger partial charge in [-0.15, -0.1) is 0 Å². The minimum atomic E-state index is -0.706. The number of hydrogen-bond donors (Lipinski definition) is 2. The Bertz CT molecular complexity index is 349. The summed E-state index contributed by atoms with van der Waals surface area (Å²) in [6.45, 7) is 0.388. The quantitative estimate of drug-likeness (QED) is 0.872. The topological polar surface area (TPSA) is 55.5 Å². The maximum absolute atomic E-state index is 13.0. The van der Waals surface area contributed by atoms with Gasteiger partial charge in [-0.2, -0.15) is 0 Å². The first-order valence-electron chi connectivity index (χ1n) is 4.92. The van der Waals surface area contributed by atoms with Gasteiger partial charge in [0.25, 0.3) is 0 Å². The molecule has 0 spiro atoms. The van der Waals surface area contributed by atoms with Gasteiger partial charge in [-0.25, -0.2) is 4.39 Å². The Morgan fingerprint density at radius 1 is 1.56 bits per heavy atom. The first kappa shape index (κ1) is 13.6. The van der Waals surface area contributed by atoms with Gasteiger partial charge in [0.2, 0.25) is 0 Å². The summed E-state index contributed by atoms with van der Waals surface area (Å²) in [4.78, 5) is 0. The lowest BCUT2D eigenvalue weighted by Crippen LogP contribution is -2.27. The van der Waals surface area contributed by atoms with E-state index in [9.17, 15) is 9.50 Å². The van der Waals surface area contributed by atoms with Gasteiger partial charge in [-0.1, -0.05) is 6.07 Å². The number of halogens is 2. The maximum Gasteiger partial charge on any atom is 0.137 e.